The van der Waals surface area contributed by atoms with Gasteiger partial charge in [-0.3, -0.25) is 4.79 Å². The fourth-order valence-electron chi connectivity index (χ4n) is 0.931. The van der Waals surface area contributed by atoms with E-state index >= 15 is 0 Å². The third-order valence-electron chi connectivity index (χ3n) is 1.65. The first-order valence-electron chi connectivity index (χ1n) is 4.42. The van der Waals surface area contributed by atoms with E-state index in [2.05, 4.69) is 5.32 Å². The van der Waals surface area contributed by atoms with Gasteiger partial charge in [0.15, 0.2) is 0 Å². The third-order valence-corrected chi connectivity index (χ3v) is 1.65. The summed E-state index contributed by atoms with van der Waals surface area (Å²) in [5.74, 6) is 0.0247. The molecule has 0 saturated carbocycles. The highest BCUT2D eigenvalue weighted by Gasteiger charge is 2.19. The van der Waals surface area contributed by atoms with Crippen LogP contribution in [0.15, 0.2) is 0 Å². The molecule has 1 atom stereocenters. The largest absolute Gasteiger partial charge is 0.351 e. The molecule has 12 heavy (non-hydrogen) atoms. The smallest absolute Gasteiger partial charge is 0.224 e. The van der Waals surface area contributed by atoms with E-state index in [1.165, 1.54) is 0 Å². The van der Waals surface area contributed by atoms with Crippen LogP contribution in [0, 0.1) is 5.92 Å². The van der Waals surface area contributed by atoms with E-state index in [1.807, 2.05) is 27.7 Å². The van der Waals surface area contributed by atoms with Crippen LogP contribution in [-0.4, -0.2) is 18.0 Å². The fraction of sp³-hybridized carbons (Fsp3) is 0.889. The van der Waals surface area contributed by atoms with Crippen molar-refractivity contribution >= 4 is 5.91 Å². The molecule has 0 spiro atoms. The summed E-state index contributed by atoms with van der Waals surface area (Å²) in [6.45, 7) is 8.30. The molecule has 1 amide bonds. The Balaban J connectivity index is 4.02. The Labute approximate surface area is 74.7 Å². The summed E-state index contributed by atoms with van der Waals surface area (Å²) in [5.41, 5.74) is 5.29. The second-order valence-corrected chi connectivity index (χ2v) is 4.08. The van der Waals surface area contributed by atoms with Gasteiger partial charge in [0.25, 0.3) is 0 Å². The Hall–Kier alpha value is -0.570. The van der Waals surface area contributed by atoms with Gasteiger partial charge >= 0.3 is 0 Å². The number of rotatable bonds is 3. The molecule has 0 rings (SSSR count). The number of amides is 1. The lowest BCUT2D eigenvalue weighted by Gasteiger charge is -2.23. The van der Waals surface area contributed by atoms with Crippen LogP contribution in [0.2, 0.25) is 0 Å². The molecule has 0 saturated heterocycles. The second kappa shape index (κ2) is 4.45. The van der Waals surface area contributed by atoms with Gasteiger partial charge in [-0.15, -0.1) is 0 Å². The Bertz CT molecular complexity index is 145. The first-order valence-corrected chi connectivity index (χ1v) is 4.42. The van der Waals surface area contributed by atoms with Crippen LogP contribution in [0.3, 0.4) is 0 Å². The van der Waals surface area contributed by atoms with Crippen molar-refractivity contribution in [1.82, 2.24) is 5.32 Å². The average molecular weight is 172 g/mol. The molecule has 0 aliphatic heterocycles. The zero-order valence-corrected chi connectivity index (χ0v) is 8.48. The fourth-order valence-corrected chi connectivity index (χ4v) is 0.931. The maximum Gasteiger partial charge on any atom is 0.224 e. The summed E-state index contributed by atoms with van der Waals surface area (Å²) in [7, 11) is 0. The maximum atomic E-state index is 11.4. The van der Waals surface area contributed by atoms with Gasteiger partial charge in [0.05, 0.1) is 0 Å². The molecule has 0 radical (unpaired) electrons. The van der Waals surface area contributed by atoms with Crippen LogP contribution in [0.25, 0.3) is 0 Å². The topological polar surface area (TPSA) is 55.1 Å². The molecule has 0 aromatic rings. The molecule has 3 nitrogen and oxygen atoms in total. The summed E-state index contributed by atoms with van der Waals surface area (Å²) >= 11 is 0. The Morgan fingerprint density at radius 2 is 2.00 bits per heavy atom. The van der Waals surface area contributed by atoms with Crippen LogP contribution in [-0.2, 0) is 4.79 Å². The van der Waals surface area contributed by atoms with Crippen molar-refractivity contribution in [3.05, 3.63) is 0 Å². The van der Waals surface area contributed by atoms with E-state index in [4.69, 9.17) is 5.73 Å². The van der Waals surface area contributed by atoms with E-state index < -0.39 is 0 Å². The second-order valence-electron chi connectivity index (χ2n) is 4.08. The predicted octanol–water partition coefficient (Wildman–Crippen LogP) is 0.886. The standard InChI is InChI=1S/C9H20N2O/c1-5-7(6-10)8(12)11-9(2,3)4/h7H,5-6,10H2,1-4H3,(H,11,12). The van der Waals surface area contributed by atoms with Gasteiger partial charge in [-0.25, -0.2) is 0 Å². The molecule has 0 aromatic carbocycles. The number of hydrogen-bond acceptors (Lipinski definition) is 2. The van der Waals surface area contributed by atoms with E-state index in [9.17, 15) is 4.79 Å². The van der Waals surface area contributed by atoms with Crippen LogP contribution in [0.4, 0.5) is 0 Å². The molecule has 0 aliphatic carbocycles. The molecule has 0 heterocycles. The third kappa shape index (κ3) is 4.34. The first kappa shape index (κ1) is 11.4. The van der Waals surface area contributed by atoms with E-state index in [0.29, 0.717) is 6.54 Å². The molecule has 1 unspecified atom stereocenters. The quantitative estimate of drug-likeness (QED) is 0.664. The molecule has 3 N–H and O–H groups in total. The van der Waals surface area contributed by atoms with Crippen molar-refractivity contribution in [2.75, 3.05) is 6.54 Å². The van der Waals surface area contributed by atoms with E-state index in [-0.39, 0.29) is 17.4 Å². The highest BCUT2D eigenvalue weighted by atomic mass is 16.2. The predicted molar refractivity (Wildman–Crippen MR) is 50.7 cm³/mol. The zero-order chi connectivity index (χ0) is 9.78. The minimum Gasteiger partial charge on any atom is -0.351 e. The minimum atomic E-state index is -0.153. The SMILES string of the molecule is CCC(CN)C(=O)NC(C)(C)C. The van der Waals surface area contributed by atoms with Gasteiger partial charge in [0, 0.05) is 18.0 Å². The van der Waals surface area contributed by atoms with Crippen molar-refractivity contribution in [2.45, 2.75) is 39.7 Å². The molecule has 0 aromatic heterocycles. The first-order chi connectivity index (χ1) is 5.40. The molecular formula is C9H20N2O. The van der Waals surface area contributed by atoms with Gasteiger partial charge in [-0.05, 0) is 27.2 Å². The van der Waals surface area contributed by atoms with Crippen LogP contribution < -0.4 is 11.1 Å². The van der Waals surface area contributed by atoms with Gasteiger partial charge < -0.3 is 11.1 Å². The lowest BCUT2D eigenvalue weighted by atomic mass is 10.0. The minimum absolute atomic E-state index is 0.0378. The maximum absolute atomic E-state index is 11.4. The molecule has 3 heteroatoms. The van der Waals surface area contributed by atoms with Crippen molar-refractivity contribution in [3.63, 3.8) is 0 Å². The van der Waals surface area contributed by atoms with Crippen LogP contribution in [0.1, 0.15) is 34.1 Å². The molecule has 0 fully saturated rings. The normalized spacial score (nSPS) is 14.1. The Morgan fingerprint density at radius 1 is 1.50 bits per heavy atom. The zero-order valence-electron chi connectivity index (χ0n) is 8.48. The van der Waals surface area contributed by atoms with Gasteiger partial charge in [-0.2, -0.15) is 0 Å². The highest BCUT2D eigenvalue weighted by Crippen LogP contribution is 2.05. The van der Waals surface area contributed by atoms with Gasteiger partial charge in [0.2, 0.25) is 5.91 Å². The van der Waals surface area contributed by atoms with Crippen molar-refractivity contribution in [2.24, 2.45) is 11.7 Å². The summed E-state index contributed by atoms with van der Waals surface area (Å²) in [6.07, 6.45) is 0.804. The summed E-state index contributed by atoms with van der Waals surface area (Å²) in [5, 5.41) is 2.90. The number of carbonyl (C=O) groups is 1. The molecular weight excluding hydrogens is 152 g/mol. The average Bonchev–Trinajstić information content (AvgIpc) is 1.85. The van der Waals surface area contributed by atoms with Crippen molar-refractivity contribution < 1.29 is 4.79 Å². The number of hydrogen-bond donors (Lipinski definition) is 2. The Kier molecular flexibility index (Phi) is 4.24. The Morgan fingerprint density at radius 3 is 2.25 bits per heavy atom. The number of nitrogens with one attached hydrogen (secondary N) is 1. The van der Waals surface area contributed by atoms with Gasteiger partial charge in [0.1, 0.15) is 0 Å². The molecule has 0 aliphatic rings. The van der Waals surface area contributed by atoms with E-state index in [0.717, 1.165) is 6.42 Å². The van der Waals surface area contributed by atoms with Crippen LogP contribution in [0.5, 0.6) is 0 Å². The molecule has 72 valence electrons. The highest BCUT2D eigenvalue weighted by molar-refractivity contribution is 5.79. The van der Waals surface area contributed by atoms with Crippen LogP contribution >= 0.6 is 0 Å². The number of nitrogens with two attached hydrogens (primary N) is 1. The van der Waals surface area contributed by atoms with Crippen molar-refractivity contribution in [1.29, 1.82) is 0 Å². The monoisotopic (exact) mass is 172 g/mol. The summed E-state index contributed by atoms with van der Waals surface area (Å²) in [6, 6.07) is 0. The van der Waals surface area contributed by atoms with Gasteiger partial charge in [-0.1, -0.05) is 6.92 Å². The van der Waals surface area contributed by atoms with E-state index in [1.54, 1.807) is 0 Å². The molecule has 0 bridgehead atoms. The lowest BCUT2D eigenvalue weighted by molar-refractivity contribution is -0.126. The lowest BCUT2D eigenvalue weighted by Crippen LogP contribution is -2.45. The summed E-state index contributed by atoms with van der Waals surface area (Å²) < 4.78 is 0. The van der Waals surface area contributed by atoms with Crippen molar-refractivity contribution in [3.8, 4) is 0 Å². The number of carbonyl (C=O) groups excluding carboxylic acids is 1. The summed E-state index contributed by atoms with van der Waals surface area (Å²) in [4.78, 5) is 11.4.